The monoisotopic (exact) mass is 739 g/mol. The second kappa shape index (κ2) is 13.5. The number of para-hydroxylation sites is 1. The lowest BCUT2D eigenvalue weighted by Crippen LogP contribution is -2.14. The van der Waals surface area contributed by atoms with E-state index in [4.69, 9.17) is 0 Å². The molecular weight excluding hydrogens is 699 g/mol. The Balaban J connectivity index is 1.11. The summed E-state index contributed by atoms with van der Waals surface area (Å²) in [5, 5.41) is 7.52. The molecule has 1 aliphatic carbocycles. The molecule has 0 heterocycles. The summed E-state index contributed by atoms with van der Waals surface area (Å²) in [6.45, 7) is 4.70. The molecule has 10 aromatic rings. The van der Waals surface area contributed by atoms with Gasteiger partial charge in [0, 0.05) is 22.1 Å². The van der Waals surface area contributed by atoms with Crippen LogP contribution in [-0.4, -0.2) is 0 Å². The van der Waals surface area contributed by atoms with Crippen molar-refractivity contribution in [3.05, 3.63) is 223 Å². The number of anilines is 3. The van der Waals surface area contributed by atoms with Crippen molar-refractivity contribution in [3.8, 4) is 44.5 Å². The normalized spacial score (nSPS) is 12.8. The van der Waals surface area contributed by atoms with Crippen molar-refractivity contribution in [3.63, 3.8) is 0 Å². The van der Waals surface area contributed by atoms with E-state index >= 15 is 0 Å². The first-order chi connectivity index (χ1) is 28.5. The smallest absolute Gasteiger partial charge is 0.0540 e. The van der Waals surface area contributed by atoms with E-state index in [1.54, 1.807) is 0 Å². The van der Waals surface area contributed by atoms with E-state index in [-0.39, 0.29) is 5.41 Å². The summed E-state index contributed by atoms with van der Waals surface area (Å²) in [5.41, 5.74) is 16.0. The molecule has 1 heteroatoms. The summed E-state index contributed by atoms with van der Waals surface area (Å²) >= 11 is 0. The van der Waals surface area contributed by atoms with Gasteiger partial charge in [-0.3, -0.25) is 0 Å². The standard InChI is InChI=1S/C57H41N/c1-57(2)53-25-12-10-21-50(53)52-37-41(30-35-54(52)57)46-19-11-13-26-55(46)58(56-36-34-45(38-15-4-3-5-16-38)48-20-8-9-22-51(48)56)42-31-27-40(28-32-42)44-23-14-24-47-43-18-7-6-17-39(43)29-33-49(44)47/h3-37H,1-2H3. The number of hydrogen-bond donors (Lipinski definition) is 0. The van der Waals surface area contributed by atoms with Gasteiger partial charge in [-0.15, -0.1) is 0 Å². The van der Waals surface area contributed by atoms with E-state index in [9.17, 15) is 0 Å². The zero-order valence-electron chi connectivity index (χ0n) is 32.7. The molecule has 0 N–H and O–H groups in total. The number of rotatable bonds is 6. The topological polar surface area (TPSA) is 3.24 Å². The van der Waals surface area contributed by atoms with Crippen molar-refractivity contribution in [1.29, 1.82) is 0 Å². The molecule has 0 amide bonds. The molecule has 0 unspecified atom stereocenters. The molecule has 0 atom stereocenters. The fourth-order valence-electron chi connectivity index (χ4n) is 9.64. The summed E-state index contributed by atoms with van der Waals surface area (Å²) in [7, 11) is 0. The van der Waals surface area contributed by atoms with Gasteiger partial charge in [-0.1, -0.05) is 196 Å². The SMILES string of the molecule is CC1(C)c2ccccc2-c2cc(-c3ccccc3N(c3ccc(-c4cccc5c4ccc4ccccc45)cc3)c3ccc(-c4ccccc4)c4ccccc34)ccc21. The zero-order chi connectivity index (χ0) is 38.8. The molecule has 0 radical (unpaired) electrons. The Labute approximate surface area is 340 Å². The molecule has 0 saturated heterocycles. The molecule has 11 rings (SSSR count). The Kier molecular flexibility index (Phi) is 7.91. The number of fused-ring (bicyclic) bond motifs is 7. The largest absolute Gasteiger partial charge is 0.309 e. The lowest BCUT2D eigenvalue weighted by Gasteiger charge is -2.30. The van der Waals surface area contributed by atoms with Gasteiger partial charge in [0.1, 0.15) is 0 Å². The highest BCUT2D eigenvalue weighted by Crippen LogP contribution is 2.51. The van der Waals surface area contributed by atoms with Crippen molar-refractivity contribution in [2.24, 2.45) is 0 Å². The maximum Gasteiger partial charge on any atom is 0.0540 e. The molecule has 0 fully saturated rings. The Morgan fingerprint density at radius 3 is 1.74 bits per heavy atom. The van der Waals surface area contributed by atoms with Crippen LogP contribution in [0.3, 0.4) is 0 Å². The average Bonchev–Trinajstić information content (AvgIpc) is 3.52. The number of nitrogens with zero attached hydrogens (tertiary/aromatic N) is 1. The highest BCUT2D eigenvalue weighted by molar-refractivity contribution is 6.12. The maximum absolute atomic E-state index is 2.47. The van der Waals surface area contributed by atoms with Crippen LogP contribution in [0.5, 0.6) is 0 Å². The second-order valence-corrected chi connectivity index (χ2v) is 16.1. The Hall–Kier alpha value is -7.22. The highest BCUT2D eigenvalue weighted by atomic mass is 15.1. The van der Waals surface area contributed by atoms with Crippen LogP contribution < -0.4 is 4.90 Å². The van der Waals surface area contributed by atoms with Crippen LogP contribution in [-0.2, 0) is 5.41 Å². The third kappa shape index (κ3) is 5.39. The minimum Gasteiger partial charge on any atom is -0.309 e. The maximum atomic E-state index is 2.47. The van der Waals surface area contributed by atoms with Gasteiger partial charge in [0.2, 0.25) is 0 Å². The first-order valence-electron chi connectivity index (χ1n) is 20.3. The molecule has 0 saturated carbocycles. The second-order valence-electron chi connectivity index (χ2n) is 16.1. The van der Waals surface area contributed by atoms with E-state index in [0.29, 0.717) is 0 Å². The van der Waals surface area contributed by atoms with Gasteiger partial charge in [0.15, 0.2) is 0 Å². The van der Waals surface area contributed by atoms with Gasteiger partial charge in [-0.25, -0.2) is 0 Å². The third-order valence-electron chi connectivity index (χ3n) is 12.5. The molecule has 0 aliphatic heterocycles. The summed E-state index contributed by atoms with van der Waals surface area (Å²) in [4.78, 5) is 2.47. The molecule has 1 nitrogen and oxygen atoms in total. The molecule has 0 spiro atoms. The van der Waals surface area contributed by atoms with Gasteiger partial charge < -0.3 is 4.90 Å². The van der Waals surface area contributed by atoms with Gasteiger partial charge in [0.25, 0.3) is 0 Å². The van der Waals surface area contributed by atoms with Crippen molar-refractivity contribution in [2.45, 2.75) is 19.3 Å². The molecule has 1 aliphatic rings. The van der Waals surface area contributed by atoms with E-state index in [1.807, 2.05) is 0 Å². The summed E-state index contributed by atoms with van der Waals surface area (Å²) in [6, 6.07) is 78.2. The van der Waals surface area contributed by atoms with Crippen LogP contribution in [0.2, 0.25) is 0 Å². The van der Waals surface area contributed by atoms with E-state index in [1.165, 1.54) is 88.0 Å². The van der Waals surface area contributed by atoms with Crippen LogP contribution in [0.25, 0.3) is 76.8 Å². The molecule has 0 aromatic heterocycles. The fraction of sp³-hybridized carbons (Fsp3) is 0.0526. The van der Waals surface area contributed by atoms with Crippen LogP contribution >= 0.6 is 0 Å². The summed E-state index contributed by atoms with van der Waals surface area (Å²) in [5.74, 6) is 0. The van der Waals surface area contributed by atoms with Gasteiger partial charge in [0.05, 0.1) is 11.4 Å². The number of benzene rings is 10. The quantitative estimate of drug-likeness (QED) is 0.154. The Morgan fingerprint density at radius 2 is 0.897 bits per heavy atom. The van der Waals surface area contributed by atoms with Crippen molar-refractivity contribution >= 4 is 49.4 Å². The summed E-state index contributed by atoms with van der Waals surface area (Å²) < 4.78 is 0. The first kappa shape index (κ1) is 34.1. The van der Waals surface area contributed by atoms with Gasteiger partial charge in [-0.2, -0.15) is 0 Å². The molecule has 274 valence electrons. The molecule has 58 heavy (non-hydrogen) atoms. The van der Waals surface area contributed by atoms with Crippen LogP contribution in [0.4, 0.5) is 17.1 Å². The van der Waals surface area contributed by atoms with Gasteiger partial charge >= 0.3 is 0 Å². The average molecular weight is 740 g/mol. The minimum absolute atomic E-state index is 0.0473. The van der Waals surface area contributed by atoms with Crippen molar-refractivity contribution in [1.82, 2.24) is 0 Å². The van der Waals surface area contributed by atoms with Crippen LogP contribution in [0.15, 0.2) is 212 Å². The molecule has 0 bridgehead atoms. The van der Waals surface area contributed by atoms with Gasteiger partial charge in [-0.05, 0) is 107 Å². The van der Waals surface area contributed by atoms with E-state index in [2.05, 4.69) is 231 Å². The van der Waals surface area contributed by atoms with E-state index < -0.39 is 0 Å². The minimum atomic E-state index is -0.0473. The third-order valence-corrected chi connectivity index (χ3v) is 12.5. The predicted molar refractivity (Wildman–Crippen MR) is 248 cm³/mol. The molecule has 10 aromatic carbocycles. The lowest BCUT2D eigenvalue weighted by molar-refractivity contribution is 0.660. The van der Waals surface area contributed by atoms with E-state index in [0.717, 1.165) is 17.1 Å². The lowest BCUT2D eigenvalue weighted by atomic mass is 9.82. The Morgan fingerprint density at radius 1 is 0.310 bits per heavy atom. The summed E-state index contributed by atoms with van der Waals surface area (Å²) in [6.07, 6.45) is 0. The molecular formula is C57H41N. The highest BCUT2D eigenvalue weighted by Gasteiger charge is 2.35. The first-order valence-corrected chi connectivity index (χ1v) is 20.3. The van der Waals surface area contributed by atoms with Crippen LogP contribution in [0, 0.1) is 0 Å². The zero-order valence-corrected chi connectivity index (χ0v) is 32.7. The van der Waals surface area contributed by atoms with Crippen molar-refractivity contribution in [2.75, 3.05) is 4.90 Å². The van der Waals surface area contributed by atoms with Crippen LogP contribution in [0.1, 0.15) is 25.0 Å². The van der Waals surface area contributed by atoms with Crippen molar-refractivity contribution < 1.29 is 0 Å². The predicted octanol–water partition coefficient (Wildman–Crippen LogP) is 15.9. The fourth-order valence-corrected chi connectivity index (χ4v) is 9.64. The Bertz CT molecular complexity index is 3190. The number of hydrogen-bond acceptors (Lipinski definition) is 1.